The van der Waals surface area contributed by atoms with Crippen LogP contribution in [0, 0.1) is 5.92 Å². The van der Waals surface area contributed by atoms with E-state index in [4.69, 9.17) is 9.47 Å². The number of benzene rings is 3. The van der Waals surface area contributed by atoms with Crippen LogP contribution in [0.2, 0.25) is 0 Å². The van der Waals surface area contributed by atoms with Crippen molar-refractivity contribution in [3.05, 3.63) is 84.4 Å². The Labute approximate surface area is 188 Å². The largest absolute Gasteiger partial charge is 0.493 e. The molecular weight excluding hydrogens is 404 g/mol. The fraction of sp³-hybridized carbons (Fsp3) is 0.231. The lowest BCUT2D eigenvalue weighted by Crippen LogP contribution is -2.44. The summed E-state index contributed by atoms with van der Waals surface area (Å²) in [5.74, 6) is 0.641. The zero-order chi connectivity index (χ0) is 22.8. The van der Waals surface area contributed by atoms with Crippen LogP contribution in [0.4, 0.5) is 0 Å². The molecule has 6 heteroatoms. The zero-order valence-corrected chi connectivity index (χ0v) is 18.3. The highest BCUT2D eigenvalue weighted by Crippen LogP contribution is 2.29. The third kappa shape index (κ3) is 6.60. The zero-order valence-electron chi connectivity index (χ0n) is 18.3. The van der Waals surface area contributed by atoms with Crippen molar-refractivity contribution in [1.82, 2.24) is 10.9 Å². The lowest BCUT2D eigenvalue weighted by atomic mass is 10.1. The Morgan fingerprint density at radius 3 is 2.19 bits per heavy atom. The second-order valence-corrected chi connectivity index (χ2v) is 7.68. The Balaban J connectivity index is 1.54. The first-order valence-corrected chi connectivity index (χ1v) is 10.6. The number of nitrogens with one attached hydrogen (secondary N) is 2. The van der Waals surface area contributed by atoms with Crippen molar-refractivity contribution in [2.75, 3.05) is 13.2 Å². The van der Waals surface area contributed by atoms with Crippen molar-refractivity contribution < 1.29 is 19.1 Å². The van der Waals surface area contributed by atoms with Crippen LogP contribution in [-0.4, -0.2) is 25.0 Å². The van der Waals surface area contributed by atoms with E-state index < -0.39 is 11.8 Å². The third-order valence-corrected chi connectivity index (χ3v) is 4.73. The van der Waals surface area contributed by atoms with E-state index in [2.05, 4.69) is 24.7 Å². The van der Waals surface area contributed by atoms with E-state index in [0.29, 0.717) is 29.6 Å². The normalized spacial score (nSPS) is 10.5. The van der Waals surface area contributed by atoms with Crippen molar-refractivity contribution in [3.8, 4) is 22.6 Å². The summed E-state index contributed by atoms with van der Waals surface area (Å²) in [5, 5.41) is 0. The minimum atomic E-state index is -0.473. The van der Waals surface area contributed by atoms with Gasteiger partial charge in [0.15, 0.2) is 6.61 Å². The molecule has 2 amide bonds. The molecule has 6 nitrogen and oxygen atoms in total. The Hall–Kier alpha value is -3.80. The van der Waals surface area contributed by atoms with E-state index >= 15 is 0 Å². The number of hydrogen-bond donors (Lipinski definition) is 2. The molecule has 0 heterocycles. The van der Waals surface area contributed by atoms with Gasteiger partial charge in [0.05, 0.1) is 12.2 Å². The number of carbonyl (C=O) groups is 2. The molecule has 0 atom stereocenters. The van der Waals surface area contributed by atoms with E-state index in [0.717, 1.165) is 17.5 Å². The summed E-state index contributed by atoms with van der Waals surface area (Å²) in [4.78, 5) is 24.8. The second kappa shape index (κ2) is 11.6. The van der Waals surface area contributed by atoms with Crippen molar-refractivity contribution >= 4 is 11.8 Å². The highest BCUT2D eigenvalue weighted by Gasteiger charge is 2.14. The van der Waals surface area contributed by atoms with E-state index in [9.17, 15) is 9.59 Å². The fourth-order valence-corrected chi connectivity index (χ4v) is 3.01. The number of para-hydroxylation sites is 2. The van der Waals surface area contributed by atoms with Gasteiger partial charge in [-0.15, -0.1) is 0 Å². The van der Waals surface area contributed by atoms with Gasteiger partial charge in [0, 0.05) is 5.56 Å². The summed E-state index contributed by atoms with van der Waals surface area (Å²) < 4.78 is 11.4. The molecule has 3 aromatic rings. The van der Waals surface area contributed by atoms with Gasteiger partial charge in [0.25, 0.3) is 11.8 Å². The van der Waals surface area contributed by atoms with Crippen LogP contribution < -0.4 is 20.3 Å². The second-order valence-electron chi connectivity index (χ2n) is 7.68. The van der Waals surface area contributed by atoms with Crippen LogP contribution in [0.5, 0.6) is 11.5 Å². The van der Waals surface area contributed by atoms with Gasteiger partial charge in [-0.1, -0.05) is 74.5 Å². The van der Waals surface area contributed by atoms with Crippen LogP contribution in [0.15, 0.2) is 78.9 Å². The van der Waals surface area contributed by atoms with Gasteiger partial charge < -0.3 is 9.47 Å². The first kappa shape index (κ1) is 22.9. The van der Waals surface area contributed by atoms with Crippen LogP contribution in [-0.2, 0) is 4.79 Å². The predicted molar refractivity (Wildman–Crippen MR) is 124 cm³/mol. The molecule has 0 aliphatic heterocycles. The summed E-state index contributed by atoms with van der Waals surface area (Å²) >= 11 is 0. The molecule has 0 radical (unpaired) electrons. The maximum absolute atomic E-state index is 12.5. The number of rotatable bonds is 9. The number of carbonyl (C=O) groups excluding carboxylic acids is 2. The first-order chi connectivity index (χ1) is 15.5. The van der Waals surface area contributed by atoms with Crippen LogP contribution in [0.3, 0.4) is 0 Å². The lowest BCUT2D eigenvalue weighted by Gasteiger charge is -2.14. The molecule has 0 unspecified atom stereocenters. The molecule has 2 N–H and O–H groups in total. The average Bonchev–Trinajstić information content (AvgIpc) is 2.82. The molecule has 0 fully saturated rings. The minimum Gasteiger partial charge on any atom is -0.493 e. The summed E-state index contributed by atoms with van der Waals surface area (Å²) in [7, 11) is 0. The maximum Gasteiger partial charge on any atom is 0.276 e. The van der Waals surface area contributed by atoms with Gasteiger partial charge in [-0.25, -0.2) is 0 Å². The topological polar surface area (TPSA) is 76.7 Å². The average molecular weight is 433 g/mol. The van der Waals surface area contributed by atoms with Crippen molar-refractivity contribution in [3.63, 3.8) is 0 Å². The Bertz CT molecular complexity index is 1030. The highest BCUT2D eigenvalue weighted by atomic mass is 16.5. The summed E-state index contributed by atoms with van der Waals surface area (Å²) in [6.45, 7) is 4.50. The Morgan fingerprint density at radius 2 is 1.44 bits per heavy atom. The number of hydrogen-bond acceptors (Lipinski definition) is 4. The quantitative estimate of drug-likeness (QED) is 0.484. The van der Waals surface area contributed by atoms with E-state index in [1.807, 2.05) is 48.5 Å². The predicted octanol–water partition coefficient (Wildman–Crippen LogP) is 4.62. The lowest BCUT2D eigenvalue weighted by molar-refractivity contribution is -0.123. The van der Waals surface area contributed by atoms with Crippen LogP contribution >= 0.6 is 0 Å². The van der Waals surface area contributed by atoms with E-state index in [1.165, 1.54) is 0 Å². The van der Waals surface area contributed by atoms with E-state index in [1.54, 1.807) is 30.3 Å². The highest BCUT2D eigenvalue weighted by molar-refractivity contribution is 5.97. The molecule has 0 aliphatic rings. The van der Waals surface area contributed by atoms with Crippen LogP contribution in [0.25, 0.3) is 11.1 Å². The molecule has 0 spiro atoms. The molecule has 0 aromatic heterocycles. The van der Waals surface area contributed by atoms with Gasteiger partial charge in [0.1, 0.15) is 11.5 Å². The smallest absolute Gasteiger partial charge is 0.276 e. The molecule has 32 heavy (non-hydrogen) atoms. The van der Waals surface area contributed by atoms with Gasteiger partial charge >= 0.3 is 0 Å². The van der Waals surface area contributed by atoms with Crippen LogP contribution in [0.1, 0.15) is 30.6 Å². The Kier molecular flexibility index (Phi) is 8.26. The van der Waals surface area contributed by atoms with Gasteiger partial charge in [0.2, 0.25) is 0 Å². The summed E-state index contributed by atoms with van der Waals surface area (Å²) in [6, 6.07) is 24.2. The fourth-order valence-electron chi connectivity index (χ4n) is 3.01. The molecule has 0 saturated heterocycles. The molecule has 0 bridgehead atoms. The molecule has 3 rings (SSSR count). The number of hydrazine groups is 1. The summed E-state index contributed by atoms with van der Waals surface area (Å²) in [5.41, 5.74) is 7.05. The number of ether oxygens (including phenoxy) is 2. The summed E-state index contributed by atoms with van der Waals surface area (Å²) in [6.07, 6.45) is 0.883. The number of amides is 2. The standard InChI is InChI=1S/C26H28N2O4/c1-19(2)16-17-31-24-15-9-7-13-22(24)26(30)28-27-25(29)18-32-23-14-8-6-12-21(23)20-10-4-3-5-11-20/h3-15,19H,16-18H2,1-2H3,(H,27,29)(H,28,30). The van der Waals surface area contributed by atoms with Crippen molar-refractivity contribution in [2.24, 2.45) is 5.92 Å². The third-order valence-electron chi connectivity index (χ3n) is 4.73. The van der Waals surface area contributed by atoms with Crippen molar-refractivity contribution in [2.45, 2.75) is 20.3 Å². The van der Waals surface area contributed by atoms with Crippen molar-refractivity contribution in [1.29, 1.82) is 0 Å². The van der Waals surface area contributed by atoms with Gasteiger partial charge in [-0.2, -0.15) is 0 Å². The minimum absolute atomic E-state index is 0.239. The first-order valence-electron chi connectivity index (χ1n) is 10.6. The van der Waals surface area contributed by atoms with Gasteiger partial charge in [-0.05, 0) is 36.1 Å². The maximum atomic E-state index is 12.5. The monoisotopic (exact) mass is 432 g/mol. The molecule has 166 valence electrons. The van der Waals surface area contributed by atoms with Gasteiger partial charge in [-0.3, -0.25) is 20.4 Å². The molecule has 0 aliphatic carbocycles. The SMILES string of the molecule is CC(C)CCOc1ccccc1C(=O)NNC(=O)COc1ccccc1-c1ccccc1. The van der Waals surface area contributed by atoms with E-state index in [-0.39, 0.29) is 6.61 Å². The Morgan fingerprint density at radius 1 is 0.781 bits per heavy atom. The molecule has 0 saturated carbocycles. The molecular formula is C26H28N2O4. The molecule has 3 aromatic carbocycles.